The van der Waals surface area contributed by atoms with Crippen LogP contribution >= 0.6 is 0 Å². The molecule has 160 valence electrons. The lowest BCUT2D eigenvalue weighted by Crippen LogP contribution is -1.85. The van der Waals surface area contributed by atoms with E-state index in [1.165, 1.54) is 21.5 Å². The zero-order valence-corrected chi connectivity index (χ0v) is 18.6. The van der Waals surface area contributed by atoms with Crippen LogP contribution in [0, 0.1) is 0 Å². The van der Waals surface area contributed by atoms with Crippen molar-refractivity contribution in [3.8, 4) is 0 Å². The summed E-state index contributed by atoms with van der Waals surface area (Å²) in [5, 5.41) is 7.02. The molecule has 0 saturated carbocycles. The van der Waals surface area contributed by atoms with E-state index in [0.717, 1.165) is 33.3 Å². The molecule has 34 heavy (non-hydrogen) atoms. The van der Waals surface area contributed by atoms with Crippen LogP contribution in [0.15, 0.2) is 131 Å². The predicted octanol–water partition coefficient (Wildman–Crippen LogP) is 8.65. The monoisotopic (exact) mass is 434 g/mol. The Bertz CT molecular complexity index is 1570. The summed E-state index contributed by atoms with van der Waals surface area (Å²) in [6.07, 6.45) is 3.92. The molecule has 6 aromatic carbocycles. The summed E-state index contributed by atoms with van der Waals surface area (Å²) in [4.78, 5) is 9.76. The fourth-order valence-electron chi connectivity index (χ4n) is 4.51. The Hall–Kier alpha value is -4.56. The maximum Gasteiger partial charge on any atom is 0.0709 e. The van der Waals surface area contributed by atoms with Gasteiger partial charge in [-0.05, 0) is 33.7 Å². The first-order valence-corrected chi connectivity index (χ1v) is 11.4. The van der Waals surface area contributed by atoms with Crippen molar-refractivity contribution >= 4 is 56.1 Å². The Labute approximate surface area is 198 Å². The second kappa shape index (κ2) is 8.76. The normalized spacial score (nSPS) is 11.9. The van der Waals surface area contributed by atoms with Gasteiger partial charge in [-0.15, -0.1) is 0 Å². The molecule has 2 heteroatoms. The largest absolute Gasteiger partial charge is 0.256 e. The standard InChI is InChI=1S/C32H22N2/c1-3-15-27-23(9-1)11-5-13-25(27)21-33-31-19-7-18-30-29(31)17-8-20-32(30)34-22-26-14-6-12-24-10-2-4-16-28(24)26/h1-22H. The molecule has 0 heterocycles. The highest BCUT2D eigenvalue weighted by molar-refractivity contribution is 6.06. The molecule has 0 radical (unpaired) electrons. The van der Waals surface area contributed by atoms with E-state index in [0.29, 0.717) is 0 Å². The number of hydrogen-bond acceptors (Lipinski definition) is 2. The molecule has 0 aliphatic heterocycles. The highest BCUT2D eigenvalue weighted by Gasteiger charge is 2.05. The lowest BCUT2D eigenvalue weighted by atomic mass is 10.0. The SMILES string of the molecule is C(=Nc1cccc2c(N=Cc3cccc4ccccc34)cccc12)c1cccc2ccccc12. The average molecular weight is 435 g/mol. The average Bonchev–Trinajstić information content (AvgIpc) is 2.90. The van der Waals surface area contributed by atoms with Gasteiger partial charge in [0.1, 0.15) is 0 Å². The minimum Gasteiger partial charge on any atom is -0.256 e. The number of fused-ring (bicyclic) bond motifs is 3. The summed E-state index contributed by atoms with van der Waals surface area (Å²) in [5.41, 5.74) is 4.10. The van der Waals surface area contributed by atoms with Crippen molar-refractivity contribution in [2.75, 3.05) is 0 Å². The van der Waals surface area contributed by atoms with Crippen molar-refractivity contribution in [2.24, 2.45) is 9.98 Å². The first-order chi connectivity index (χ1) is 16.9. The van der Waals surface area contributed by atoms with Gasteiger partial charge in [0.15, 0.2) is 0 Å². The summed E-state index contributed by atoms with van der Waals surface area (Å²) in [6.45, 7) is 0. The van der Waals surface area contributed by atoms with Crippen LogP contribution < -0.4 is 0 Å². The molecule has 0 aliphatic carbocycles. The van der Waals surface area contributed by atoms with Gasteiger partial charge in [-0.1, -0.05) is 109 Å². The molecule has 2 nitrogen and oxygen atoms in total. The molecular weight excluding hydrogens is 412 g/mol. The van der Waals surface area contributed by atoms with Crippen LogP contribution in [0.5, 0.6) is 0 Å². The number of benzene rings is 6. The van der Waals surface area contributed by atoms with Crippen LogP contribution in [0.25, 0.3) is 32.3 Å². The first-order valence-electron chi connectivity index (χ1n) is 11.4. The second-order valence-corrected chi connectivity index (χ2v) is 8.30. The van der Waals surface area contributed by atoms with Crippen molar-refractivity contribution in [3.63, 3.8) is 0 Å². The van der Waals surface area contributed by atoms with Crippen molar-refractivity contribution in [3.05, 3.63) is 132 Å². The van der Waals surface area contributed by atoms with Crippen LogP contribution in [-0.2, 0) is 0 Å². The fourth-order valence-corrected chi connectivity index (χ4v) is 4.51. The van der Waals surface area contributed by atoms with E-state index in [-0.39, 0.29) is 0 Å². The number of nitrogens with zero attached hydrogens (tertiary/aromatic N) is 2. The van der Waals surface area contributed by atoms with Gasteiger partial charge in [0.25, 0.3) is 0 Å². The zero-order chi connectivity index (χ0) is 22.7. The van der Waals surface area contributed by atoms with Gasteiger partial charge in [0, 0.05) is 34.3 Å². The molecule has 0 amide bonds. The van der Waals surface area contributed by atoms with Gasteiger partial charge in [0.2, 0.25) is 0 Å². The van der Waals surface area contributed by atoms with Crippen LogP contribution in [0.4, 0.5) is 11.4 Å². The third-order valence-electron chi connectivity index (χ3n) is 6.21. The molecule has 0 unspecified atom stereocenters. The molecule has 0 aliphatic rings. The van der Waals surface area contributed by atoms with Crippen LogP contribution in [-0.4, -0.2) is 12.4 Å². The van der Waals surface area contributed by atoms with Crippen LogP contribution in [0.2, 0.25) is 0 Å². The maximum atomic E-state index is 4.88. The summed E-state index contributed by atoms with van der Waals surface area (Å²) in [5.74, 6) is 0. The third-order valence-corrected chi connectivity index (χ3v) is 6.21. The van der Waals surface area contributed by atoms with Gasteiger partial charge in [-0.2, -0.15) is 0 Å². The third kappa shape index (κ3) is 3.76. The first kappa shape index (κ1) is 20.1. The molecule has 6 aromatic rings. The predicted molar refractivity (Wildman–Crippen MR) is 146 cm³/mol. The molecule has 0 fully saturated rings. The minimum absolute atomic E-state index is 0.938. The van der Waals surface area contributed by atoms with E-state index in [4.69, 9.17) is 9.98 Å². The van der Waals surface area contributed by atoms with Crippen molar-refractivity contribution in [2.45, 2.75) is 0 Å². The van der Waals surface area contributed by atoms with E-state index in [2.05, 4.69) is 121 Å². The van der Waals surface area contributed by atoms with E-state index in [9.17, 15) is 0 Å². The van der Waals surface area contributed by atoms with Gasteiger partial charge in [-0.3, -0.25) is 9.98 Å². The van der Waals surface area contributed by atoms with Gasteiger partial charge < -0.3 is 0 Å². The number of hydrogen-bond donors (Lipinski definition) is 0. The molecule has 0 aromatic heterocycles. The Kier molecular flexibility index (Phi) is 5.17. The van der Waals surface area contributed by atoms with Gasteiger partial charge in [-0.25, -0.2) is 0 Å². The van der Waals surface area contributed by atoms with Crippen LogP contribution in [0.3, 0.4) is 0 Å². The summed E-state index contributed by atoms with van der Waals surface area (Å²) >= 11 is 0. The molecule has 0 bridgehead atoms. The smallest absolute Gasteiger partial charge is 0.0709 e. The molecule has 0 N–H and O–H groups in total. The van der Waals surface area contributed by atoms with E-state index in [1.54, 1.807) is 0 Å². The maximum absolute atomic E-state index is 4.88. The molecule has 0 atom stereocenters. The molecule has 6 rings (SSSR count). The quantitative estimate of drug-likeness (QED) is 0.248. The van der Waals surface area contributed by atoms with Crippen molar-refractivity contribution in [1.82, 2.24) is 0 Å². The Morgan fingerprint density at radius 2 is 0.735 bits per heavy atom. The summed E-state index contributed by atoms with van der Waals surface area (Å²) < 4.78 is 0. The van der Waals surface area contributed by atoms with Gasteiger partial charge in [0.05, 0.1) is 11.4 Å². The Morgan fingerprint density at radius 1 is 0.353 bits per heavy atom. The second-order valence-electron chi connectivity index (χ2n) is 8.30. The summed E-state index contributed by atoms with van der Waals surface area (Å²) in [6, 6.07) is 41.9. The summed E-state index contributed by atoms with van der Waals surface area (Å²) in [7, 11) is 0. The number of aliphatic imine (C=N–C) groups is 2. The molecule has 0 spiro atoms. The van der Waals surface area contributed by atoms with Crippen LogP contribution in [0.1, 0.15) is 11.1 Å². The van der Waals surface area contributed by atoms with E-state index >= 15 is 0 Å². The molecular formula is C32H22N2. The zero-order valence-electron chi connectivity index (χ0n) is 18.6. The Morgan fingerprint density at radius 3 is 1.24 bits per heavy atom. The number of rotatable bonds is 4. The highest BCUT2D eigenvalue weighted by atomic mass is 14.7. The Balaban J connectivity index is 1.40. The lowest BCUT2D eigenvalue weighted by Gasteiger charge is -2.06. The van der Waals surface area contributed by atoms with E-state index < -0.39 is 0 Å². The van der Waals surface area contributed by atoms with Gasteiger partial charge >= 0.3 is 0 Å². The fraction of sp³-hybridized carbons (Fsp3) is 0. The minimum atomic E-state index is 0.938. The highest BCUT2D eigenvalue weighted by Crippen LogP contribution is 2.33. The topological polar surface area (TPSA) is 24.7 Å². The molecule has 0 saturated heterocycles. The lowest BCUT2D eigenvalue weighted by molar-refractivity contribution is 1.54. The van der Waals surface area contributed by atoms with Crippen molar-refractivity contribution in [1.29, 1.82) is 0 Å². The van der Waals surface area contributed by atoms with E-state index in [1.807, 2.05) is 12.4 Å². The van der Waals surface area contributed by atoms with Crippen molar-refractivity contribution < 1.29 is 0 Å².